The van der Waals surface area contributed by atoms with Crippen LogP contribution >= 0.6 is 0 Å². The maximum Gasteiger partial charge on any atom is -0.0105 e. The molecule has 0 aromatic heterocycles. The highest BCUT2D eigenvalue weighted by Crippen LogP contribution is 2.35. The Morgan fingerprint density at radius 1 is 0.361 bits per heavy atom. The molecule has 36 heavy (non-hydrogen) atoms. The van der Waals surface area contributed by atoms with Crippen molar-refractivity contribution >= 4 is 24.3 Å². The van der Waals surface area contributed by atoms with Crippen molar-refractivity contribution in [2.75, 3.05) is 0 Å². The quantitative estimate of drug-likeness (QED) is 0.220. The van der Waals surface area contributed by atoms with E-state index in [0.717, 1.165) is 0 Å². The highest BCUT2D eigenvalue weighted by Gasteiger charge is 2.11. The second-order valence-electron chi connectivity index (χ2n) is 9.14. The molecule has 0 nitrogen and oxygen atoms in total. The van der Waals surface area contributed by atoms with Crippen molar-refractivity contribution < 1.29 is 0 Å². The number of rotatable bonds is 6. The van der Waals surface area contributed by atoms with Gasteiger partial charge in [-0.2, -0.15) is 0 Å². The topological polar surface area (TPSA) is 0 Å². The summed E-state index contributed by atoms with van der Waals surface area (Å²) in [6, 6.07) is 43.1. The van der Waals surface area contributed by atoms with Gasteiger partial charge in [-0.1, -0.05) is 133 Å². The van der Waals surface area contributed by atoms with E-state index in [1.54, 1.807) is 0 Å². The number of benzene rings is 5. The summed E-state index contributed by atoms with van der Waals surface area (Å²) in [6.07, 6.45) is 8.97. The van der Waals surface area contributed by atoms with Crippen LogP contribution in [0.2, 0.25) is 0 Å². The van der Waals surface area contributed by atoms with Gasteiger partial charge in [0.25, 0.3) is 0 Å². The van der Waals surface area contributed by atoms with E-state index in [9.17, 15) is 0 Å². The molecule has 0 N–H and O–H groups in total. The predicted molar refractivity (Wildman–Crippen MR) is 158 cm³/mol. The largest absolute Gasteiger partial charge is 0.0622 e. The summed E-state index contributed by atoms with van der Waals surface area (Å²) in [6.45, 7) is 4.32. The minimum absolute atomic E-state index is 1.20. The van der Waals surface area contributed by atoms with Crippen LogP contribution in [0.4, 0.5) is 0 Å². The Morgan fingerprint density at radius 3 is 1.08 bits per heavy atom. The molecule has 0 aliphatic rings. The number of aryl methyl sites for hydroxylation is 2. The van der Waals surface area contributed by atoms with Gasteiger partial charge in [0.05, 0.1) is 0 Å². The van der Waals surface area contributed by atoms with Crippen molar-refractivity contribution in [3.63, 3.8) is 0 Å². The molecule has 0 radical (unpaired) electrons. The summed E-state index contributed by atoms with van der Waals surface area (Å²) < 4.78 is 0. The lowest BCUT2D eigenvalue weighted by atomic mass is 9.89. The van der Waals surface area contributed by atoms with Crippen molar-refractivity contribution in [2.24, 2.45) is 0 Å². The van der Waals surface area contributed by atoms with Gasteiger partial charge in [-0.05, 0) is 81.6 Å². The van der Waals surface area contributed by atoms with Crippen molar-refractivity contribution in [2.45, 2.75) is 13.8 Å². The van der Waals surface area contributed by atoms with E-state index in [2.05, 4.69) is 159 Å². The SMILES string of the molecule is Cc1ccccc1C=Cc1cc(-c2ccccc2)c(C=Cc2ccccc2C)cc1-c1ccccc1. The molecule has 0 atom stereocenters. The van der Waals surface area contributed by atoms with Crippen LogP contribution in [0.5, 0.6) is 0 Å². The van der Waals surface area contributed by atoms with Gasteiger partial charge in [-0.3, -0.25) is 0 Å². The van der Waals surface area contributed by atoms with Gasteiger partial charge in [0.15, 0.2) is 0 Å². The maximum absolute atomic E-state index is 2.34. The first kappa shape index (κ1) is 23.3. The Hall–Kier alpha value is -4.42. The Balaban J connectivity index is 1.70. The highest BCUT2D eigenvalue weighted by molar-refractivity contribution is 5.90. The van der Waals surface area contributed by atoms with Crippen LogP contribution in [0.1, 0.15) is 33.4 Å². The molecule has 174 valence electrons. The van der Waals surface area contributed by atoms with Gasteiger partial charge in [0, 0.05) is 0 Å². The molecule has 0 spiro atoms. The lowest BCUT2D eigenvalue weighted by Gasteiger charge is -2.14. The third kappa shape index (κ3) is 5.29. The smallest absolute Gasteiger partial charge is 0.0105 e. The van der Waals surface area contributed by atoms with Gasteiger partial charge in [-0.15, -0.1) is 0 Å². The maximum atomic E-state index is 2.34. The Bertz CT molecular complexity index is 1400. The fourth-order valence-corrected chi connectivity index (χ4v) is 4.55. The van der Waals surface area contributed by atoms with E-state index >= 15 is 0 Å². The number of hydrogen-bond donors (Lipinski definition) is 0. The summed E-state index contributed by atoms with van der Waals surface area (Å²) >= 11 is 0. The lowest BCUT2D eigenvalue weighted by molar-refractivity contribution is 1.44. The molecule has 0 saturated carbocycles. The van der Waals surface area contributed by atoms with E-state index in [-0.39, 0.29) is 0 Å². The van der Waals surface area contributed by atoms with Gasteiger partial charge in [0.2, 0.25) is 0 Å². The average molecular weight is 463 g/mol. The van der Waals surface area contributed by atoms with Gasteiger partial charge in [-0.25, -0.2) is 0 Å². The lowest BCUT2D eigenvalue weighted by Crippen LogP contribution is -1.91. The molecule has 0 amide bonds. The summed E-state index contributed by atoms with van der Waals surface area (Å²) in [4.78, 5) is 0. The van der Waals surface area contributed by atoms with Crippen molar-refractivity contribution in [3.05, 3.63) is 155 Å². The summed E-state index contributed by atoms with van der Waals surface area (Å²) in [5, 5.41) is 0. The molecule has 0 aliphatic heterocycles. The van der Waals surface area contributed by atoms with E-state index in [1.165, 1.54) is 55.6 Å². The first-order chi connectivity index (χ1) is 17.7. The fourth-order valence-electron chi connectivity index (χ4n) is 4.55. The zero-order chi connectivity index (χ0) is 24.7. The van der Waals surface area contributed by atoms with Gasteiger partial charge in [0.1, 0.15) is 0 Å². The standard InChI is InChI=1S/C36H30/c1-27-13-9-11-15-29(27)21-23-33-25-36(32-19-7-4-8-20-32)34(24-22-30-16-12-10-14-28(30)2)26-35(33)31-17-5-3-6-18-31/h3-26H,1-2H3. The molecule has 0 heterocycles. The minimum Gasteiger partial charge on any atom is -0.0622 e. The first-order valence-electron chi connectivity index (χ1n) is 12.5. The van der Waals surface area contributed by atoms with E-state index in [4.69, 9.17) is 0 Å². The zero-order valence-electron chi connectivity index (χ0n) is 20.9. The van der Waals surface area contributed by atoms with E-state index in [1.807, 2.05) is 0 Å². The summed E-state index contributed by atoms with van der Waals surface area (Å²) in [5.41, 5.74) is 12.3. The molecule has 0 bridgehead atoms. The van der Waals surface area contributed by atoms with Crippen molar-refractivity contribution in [1.29, 1.82) is 0 Å². The number of hydrogen-bond acceptors (Lipinski definition) is 0. The normalized spacial score (nSPS) is 11.4. The van der Waals surface area contributed by atoms with Crippen LogP contribution in [0.3, 0.4) is 0 Å². The molecular formula is C36H30. The third-order valence-electron chi connectivity index (χ3n) is 6.65. The zero-order valence-corrected chi connectivity index (χ0v) is 20.9. The molecule has 0 unspecified atom stereocenters. The third-order valence-corrected chi connectivity index (χ3v) is 6.65. The van der Waals surface area contributed by atoms with Crippen LogP contribution < -0.4 is 0 Å². The summed E-state index contributed by atoms with van der Waals surface area (Å²) in [7, 11) is 0. The molecule has 0 fully saturated rings. The van der Waals surface area contributed by atoms with E-state index < -0.39 is 0 Å². The molecular weight excluding hydrogens is 432 g/mol. The predicted octanol–water partition coefficient (Wildman–Crippen LogP) is 9.98. The molecule has 5 rings (SSSR count). The van der Waals surface area contributed by atoms with Crippen LogP contribution in [-0.4, -0.2) is 0 Å². The summed E-state index contributed by atoms with van der Waals surface area (Å²) in [5.74, 6) is 0. The molecule has 0 aliphatic carbocycles. The van der Waals surface area contributed by atoms with Crippen LogP contribution in [-0.2, 0) is 0 Å². The molecule has 5 aromatic rings. The molecule has 5 aromatic carbocycles. The van der Waals surface area contributed by atoms with Crippen molar-refractivity contribution in [3.8, 4) is 22.3 Å². The molecule has 0 saturated heterocycles. The highest BCUT2D eigenvalue weighted by atomic mass is 14.1. The second kappa shape index (κ2) is 10.9. The first-order valence-corrected chi connectivity index (χ1v) is 12.5. The Morgan fingerprint density at radius 2 is 0.694 bits per heavy atom. The van der Waals surface area contributed by atoms with Crippen LogP contribution in [0.15, 0.2) is 121 Å². The minimum atomic E-state index is 1.20. The Labute approximate surface area is 214 Å². The monoisotopic (exact) mass is 462 g/mol. The van der Waals surface area contributed by atoms with Gasteiger partial charge < -0.3 is 0 Å². The van der Waals surface area contributed by atoms with Crippen molar-refractivity contribution in [1.82, 2.24) is 0 Å². The van der Waals surface area contributed by atoms with Crippen LogP contribution in [0.25, 0.3) is 46.6 Å². The second-order valence-corrected chi connectivity index (χ2v) is 9.14. The molecule has 0 heteroatoms. The fraction of sp³-hybridized carbons (Fsp3) is 0.0556. The van der Waals surface area contributed by atoms with Crippen LogP contribution in [0, 0.1) is 13.8 Å². The average Bonchev–Trinajstić information content (AvgIpc) is 2.93. The Kier molecular flexibility index (Phi) is 7.05. The van der Waals surface area contributed by atoms with E-state index in [0.29, 0.717) is 0 Å². The van der Waals surface area contributed by atoms with Gasteiger partial charge >= 0.3 is 0 Å².